The van der Waals surface area contributed by atoms with Crippen LogP contribution in [0.3, 0.4) is 0 Å². The first-order valence-corrected chi connectivity index (χ1v) is 8.10. The number of aliphatic carboxylic acids is 1. The second-order valence-electron chi connectivity index (χ2n) is 6.02. The summed E-state index contributed by atoms with van der Waals surface area (Å²) in [5.41, 5.74) is 2.68. The lowest BCUT2D eigenvalue weighted by atomic mass is 10.1. The molecule has 25 heavy (non-hydrogen) atoms. The summed E-state index contributed by atoms with van der Waals surface area (Å²) in [6.07, 6.45) is 1.59. The number of hydrogen-bond donors (Lipinski definition) is 2. The third-order valence-corrected chi connectivity index (χ3v) is 4.19. The minimum absolute atomic E-state index is 0.102. The molecule has 1 fully saturated rings. The summed E-state index contributed by atoms with van der Waals surface area (Å²) in [6, 6.07) is 9.67. The zero-order chi connectivity index (χ0) is 17.6. The van der Waals surface area contributed by atoms with Crippen LogP contribution in [0, 0.1) is 0 Å². The van der Waals surface area contributed by atoms with E-state index in [4.69, 9.17) is 15.5 Å². The van der Waals surface area contributed by atoms with E-state index in [0.717, 1.165) is 48.8 Å². The van der Waals surface area contributed by atoms with Crippen LogP contribution in [0.2, 0.25) is 0 Å². The van der Waals surface area contributed by atoms with Crippen molar-refractivity contribution >= 4 is 12.2 Å². The molecule has 0 atom stereocenters. The molecule has 0 aliphatic carbocycles. The second kappa shape index (κ2) is 7.91. The van der Waals surface area contributed by atoms with Gasteiger partial charge in [0.05, 0.1) is 19.3 Å². The second-order valence-corrected chi connectivity index (χ2v) is 6.02. The minimum Gasteiger partial charge on any atom is -0.480 e. The summed E-state index contributed by atoms with van der Waals surface area (Å²) in [7, 11) is 0. The fourth-order valence-corrected chi connectivity index (χ4v) is 2.87. The van der Waals surface area contributed by atoms with Crippen LogP contribution in [-0.2, 0) is 11.3 Å². The number of piperazine rings is 1. The number of rotatable bonds is 6. The van der Waals surface area contributed by atoms with Crippen LogP contribution in [-0.4, -0.2) is 65.0 Å². The van der Waals surface area contributed by atoms with E-state index in [-0.39, 0.29) is 6.54 Å². The largest absolute Gasteiger partial charge is 0.480 e. The van der Waals surface area contributed by atoms with Crippen LogP contribution in [0.15, 0.2) is 40.0 Å². The molecule has 1 aromatic heterocycles. The van der Waals surface area contributed by atoms with Gasteiger partial charge in [-0.1, -0.05) is 29.4 Å². The third-order valence-electron chi connectivity index (χ3n) is 4.19. The summed E-state index contributed by atoms with van der Waals surface area (Å²) < 4.78 is 5.45. The van der Waals surface area contributed by atoms with Crippen LogP contribution in [0.5, 0.6) is 0 Å². The fourth-order valence-electron chi connectivity index (χ4n) is 2.87. The Bertz CT molecular complexity index is 733. The Morgan fingerprint density at radius 2 is 1.92 bits per heavy atom. The molecule has 8 nitrogen and oxygen atoms in total. The van der Waals surface area contributed by atoms with Gasteiger partial charge in [-0.05, 0) is 5.56 Å². The average Bonchev–Trinajstić information content (AvgIpc) is 3.06. The molecule has 2 aromatic rings. The lowest BCUT2D eigenvalue weighted by molar-refractivity contribution is -0.138. The molecule has 1 aromatic carbocycles. The number of hydrogen-bond acceptors (Lipinski definition) is 7. The van der Waals surface area contributed by atoms with Crippen molar-refractivity contribution in [1.29, 1.82) is 0 Å². The van der Waals surface area contributed by atoms with Gasteiger partial charge in [-0.2, -0.15) is 5.10 Å². The highest BCUT2D eigenvalue weighted by atomic mass is 16.5. The maximum absolute atomic E-state index is 10.7. The monoisotopic (exact) mass is 343 g/mol. The van der Waals surface area contributed by atoms with Crippen molar-refractivity contribution in [3.63, 3.8) is 0 Å². The number of carboxylic acid groups (broad SMARTS) is 1. The van der Waals surface area contributed by atoms with Gasteiger partial charge in [0.15, 0.2) is 5.76 Å². The third kappa shape index (κ3) is 4.65. The topological polar surface area (TPSA) is 108 Å². The van der Waals surface area contributed by atoms with Gasteiger partial charge in [0.25, 0.3) is 0 Å². The molecule has 0 spiro atoms. The molecule has 1 aliphatic heterocycles. The summed E-state index contributed by atoms with van der Waals surface area (Å²) in [5.74, 6) is 5.16. The average molecular weight is 343 g/mol. The van der Waals surface area contributed by atoms with Gasteiger partial charge in [0, 0.05) is 37.8 Å². The van der Waals surface area contributed by atoms with Gasteiger partial charge < -0.3 is 15.5 Å². The number of benzene rings is 1. The molecule has 0 unspecified atom stereocenters. The number of hydrazone groups is 1. The van der Waals surface area contributed by atoms with Crippen molar-refractivity contribution < 1.29 is 14.4 Å². The van der Waals surface area contributed by atoms with Gasteiger partial charge in [-0.3, -0.25) is 14.6 Å². The van der Waals surface area contributed by atoms with Gasteiger partial charge in [0.1, 0.15) is 5.69 Å². The molecular formula is C17H21N5O3. The molecule has 0 saturated carbocycles. The molecule has 1 aliphatic rings. The van der Waals surface area contributed by atoms with Crippen LogP contribution >= 0.6 is 0 Å². The van der Waals surface area contributed by atoms with Crippen LogP contribution in [0.25, 0.3) is 11.3 Å². The summed E-state index contributed by atoms with van der Waals surface area (Å²) in [4.78, 5) is 14.9. The predicted molar refractivity (Wildman–Crippen MR) is 93.1 cm³/mol. The highest BCUT2D eigenvalue weighted by molar-refractivity contribution is 5.80. The maximum Gasteiger partial charge on any atom is 0.317 e. The summed E-state index contributed by atoms with van der Waals surface area (Å²) in [6.45, 7) is 3.90. The molecule has 2 heterocycles. The number of nitrogens with zero attached hydrogens (tertiary/aromatic N) is 4. The molecule has 3 rings (SSSR count). The maximum atomic E-state index is 10.7. The van der Waals surface area contributed by atoms with E-state index in [0.29, 0.717) is 6.54 Å². The van der Waals surface area contributed by atoms with E-state index >= 15 is 0 Å². The van der Waals surface area contributed by atoms with E-state index in [1.54, 1.807) is 6.21 Å². The van der Waals surface area contributed by atoms with Gasteiger partial charge in [-0.15, -0.1) is 0 Å². The van der Waals surface area contributed by atoms with Crippen molar-refractivity contribution in [2.75, 3.05) is 32.7 Å². The molecule has 1 saturated heterocycles. The molecule has 3 N–H and O–H groups in total. The highest BCUT2D eigenvalue weighted by Crippen LogP contribution is 2.20. The number of carbonyl (C=O) groups is 1. The number of nitrogens with two attached hydrogens (primary N) is 1. The quantitative estimate of drug-likeness (QED) is 0.454. The highest BCUT2D eigenvalue weighted by Gasteiger charge is 2.20. The normalized spacial score (nSPS) is 16.5. The summed E-state index contributed by atoms with van der Waals surface area (Å²) in [5, 5.41) is 16.5. The van der Waals surface area contributed by atoms with E-state index in [9.17, 15) is 4.79 Å². The number of carboxylic acids is 1. The Balaban J connectivity index is 1.56. The minimum atomic E-state index is -0.780. The first kappa shape index (κ1) is 17.1. The van der Waals surface area contributed by atoms with Crippen molar-refractivity contribution in [3.8, 4) is 11.3 Å². The lowest BCUT2D eigenvalue weighted by Crippen LogP contribution is -2.47. The van der Waals surface area contributed by atoms with E-state index in [1.165, 1.54) is 0 Å². The molecule has 132 valence electrons. The molecule has 8 heteroatoms. The smallest absolute Gasteiger partial charge is 0.317 e. The Morgan fingerprint density at radius 3 is 2.56 bits per heavy atom. The fraction of sp³-hybridized carbons (Fsp3) is 0.353. The van der Waals surface area contributed by atoms with Crippen molar-refractivity contribution in [2.24, 2.45) is 10.9 Å². The first-order chi connectivity index (χ1) is 12.1. The molecule has 0 radical (unpaired) electrons. The zero-order valence-electron chi connectivity index (χ0n) is 13.8. The van der Waals surface area contributed by atoms with Gasteiger partial charge >= 0.3 is 5.97 Å². The Labute approximate surface area is 145 Å². The van der Waals surface area contributed by atoms with Gasteiger partial charge in [-0.25, -0.2) is 0 Å². The number of aromatic nitrogens is 1. The standard InChI is InChI=1S/C17H21N5O3/c18-19-10-13-1-3-14(4-2-13)16-9-15(25-20-16)11-21-5-7-22(8-6-21)12-17(23)24/h1-4,9-10H,5-8,11-12,18H2,(H,23,24). The van der Waals surface area contributed by atoms with Crippen molar-refractivity contribution in [1.82, 2.24) is 15.0 Å². The SMILES string of the molecule is NN=Cc1ccc(-c2cc(CN3CCN(CC(=O)O)CC3)on2)cc1. The lowest BCUT2D eigenvalue weighted by Gasteiger charge is -2.33. The van der Waals surface area contributed by atoms with Crippen molar-refractivity contribution in [3.05, 3.63) is 41.7 Å². The van der Waals surface area contributed by atoms with E-state index in [1.807, 2.05) is 35.2 Å². The van der Waals surface area contributed by atoms with Crippen molar-refractivity contribution in [2.45, 2.75) is 6.54 Å². The van der Waals surface area contributed by atoms with E-state index in [2.05, 4.69) is 15.2 Å². The summed E-state index contributed by atoms with van der Waals surface area (Å²) >= 11 is 0. The molecular weight excluding hydrogens is 322 g/mol. The van der Waals surface area contributed by atoms with Crippen LogP contribution in [0.4, 0.5) is 0 Å². The van der Waals surface area contributed by atoms with Crippen LogP contribution in [0.1, 0.15) is 11.3 Å². The molecule has 0 bridgehead atoms. The molecule has 0 amide bonds. The van der Waals surface area contributed by atoms with E-state index < -0.39 is 5.97 Å². The van der Waals surface area contributed by atoms with Crippen LogP contribution < -0.4 is 5.84 Å². The Kier molecular flexibility index (Phi) is 5.42. The zero-order valence-corrected chi connectivity index (χ0v) is 13.8. The first-order valence-electron chi connectivity index (χ1n) is 8.10. The Morgan fingerprint density at radius 1 is 1.24 bits per heavy atom. The predicted octanol–water partition coefficient (Wildman–Crippen LogP) is 0.836. The Hall–Kier alpha value is -2.71. The van der Waals surface area contributed by atoms with Gasteiger partial charge in [0.2, 0.25) is 0 Å².